The molecule has 1 aliphatic carbocycles. The molecule has 3 nitrogen and oxygen atoms in total. The van der Waals surface area contributed by atoms with Gasteiger partial charge < -0.3 is 5.32 Å². The molecule has 1 saturated carbocycles. The summed E-state index contributed by atoms with van der Waals surface area (Å²) in [5, 5.41) is 3.28. The van der Waals surface area contributed by atoms with Gasteiger partial charge in [-0.3, -0.25) is 4.90 Å². The Labute approximate surface area is 123 Å². The standard InChI is InChI=1S/C17H29N3/c1-4-14-9-11-16(12-10-14)20(3)13-15-7-6-8-17(19-15)18-5-2/h6-8,14,16H,4-5,9-13H2,1-3H3,(H,18,19). The van der Waals surface area contributed by atoms with Crippen molar-refractivity contribution in [1.82, 2.24) is 9.88 Å². The first-order valence-electron chi connectivity index (χ1n) is 8.13. The highest BCUT2D eigenvalue weighted by Gasteiger charge is 2.23. The molecule has 1 N–H and O–H groups in total. The maximum atomic E-state index is 4.68. The minimum absolute atomic E-state index is 0.738. The van der Waals surface area contributed by atoms with Crippen LogP contribution in [0.5, 0.6) is 0 Å². The van der Waals surface area contributed by atoms with Crippen LogP contribution in [0.4, 0.5) is 5.82 Å². The fourth-order valence-electron chi connectivity index (χ4n) is 3.23. The normalized spacial score (nSPS) is 23.0. The first-order valence-corrected chi connectivity index (χ1v) is 8.13. The molecule has 0 unspecified atom stereocenters. The molecule has 3 heteroatoms. The van der Waals surface area contributed by atoms with Gasteiger partial charge in [-0.25, -0.2) is 4.98 Å². The van der Waals surface area contributed by atoms with Crippen molar-refractivity contribution in [3.05, 3.63) is 23.9 Å². The van der Waals surface area contributed by atoms with E-state index in [9.17, 15) is 0 Å². The van der Waals surface area contributed by atoms with Crippen LogP contribution in [0.15, 0.2) is 18.2 Å². The molecule has 0 bridgehead atoms. The van der Waals surface area contributed by atoms with Crippen LogP contribution in [0.3, 0.4) is 0 Å². The third kappa shape index (κ3) is 4.20. The van der Waals surface area contributed by atoms with Crippen molar-refractivity contribution in [1.29, 1.82) is 0 Å². The number of pyridine rings is 1. The molecular formula is C17H29N3. The van der Waals surface area contributed by atoms with E-state index in [0.29, 0.717) is 0 Å². The van der Waals surface area contributed by atoms with Gasteiger partial charge >= 0.3 is 0 Å². The zero-order chi connectivity index (χ0) is 14.4. The fraction of sp³-hybridized carbons (Fsp3) is 0.706. The van der Waals surface area contributed by atoms with Crippen LogP contribution in [-0.4, -0.2) is 29.5 Å². The number of nitrogens with zero attached hydrogens (tertiary/aromatic N) is 2. The van der Waals surface area contributed by atoms with E-state index >= 15 is 0 Å². The van der Waals surface area contributed by atoms with Crippen molar-refractivity contribution in [3.8, 4) is 0 Å². The van der Waals surface area contributed by atoms with E-state index in [1.807, 2.05) is 6.07 Å². The number of nitrogens with one attached hydrogen (secondary N) is 1. The molecule has 0 aliphatic heterocycles. The molecule has 0 spiro atoms. The van der Waals surface area contributed by atoms with Gasteiger partial charge in [0.05, 0.1) is 5.69 Å². The SMILES string of the molecule is CCNc1cccc(CN(C)C2CCC(CC)CC2)n1. The lowest BCUT2D eigenvalue weighted by molar-refractivity contribution is 0.156. The number of rotatable bonds is 6. The topological polar surface area (TPSA) is 28.2 Å². The van der Waals surface area contributed by atoms with Crippen molar-refractivity contribution >= 4 is 5.82 Å². The first kappa shape index (κ1) is 15.3. The lowest BCUT2D eigenvalue weighted by Crippen LogP contribution is -2.34. The summed E-state index contributed by atoms with van der Waals surface area (Å²) in [5.74, 6) is 1.96. The molecule has 1 fully saturated rings. The third-order valence-electron chi connectivity index (χ3n) is 4.59. The molecular weight excluding hydrogens is 246 g/mol. The van der Waals surface area contributed by atoms with Gasteiger partial charge in [-0.1, -0.05) is 19.4 Å². The molecule has 0 radical (unpaired) electrons. The summed E-state index contributed by atoms with van der Waals surface area (Å²) < 4.78 is 0. The van der Waals surface area contributed by atoms with Crippen LogP contribution in [0.25, 0.3) is 0 Å². The van der Waals surface area contributed by atoms with Crippen LogP contribution < -0.4 is 5.32 Å². The molecule has 0 amide bonds. The highest BCUT2D eigenvalue weighted by molar-refractivity contribution is 5.34. The van der Waals surface area contributed by atoms with Gasteiger partial charge in [0, 0.05) is 19.1 Å². The number of aromatic nitrogens is 1. The summed E-state index contributed by atoms with van der Waals surface area (Å²) in [6, 6.07) is 7.01. The fourth-order valence-corrected chi connectivity index (χ4v) is 3.23. The second-order valence-corrected chi connectivity index (χ2v) is 6.04. The predicted octanol–water partition coefficient (Wildman–Crippen LogP) is 3.91. The molecule has 0 aromatic carbocycles. The van der Waals surface area contributed by atoms with Crippen molar-refractivity contribution in [3.63, 3.8) is 0 Å². The zero-order valence-electron chi connectivity index (χ0n) is 13.2. The second-order valence-electron chi connectivity index (χ2n) is 6.04. The molecule has 20 heavy (non-hydrogen) atoms. The van der Waals surface area contributed by atoms with Gasteiger partial charge in [0.25, 0.3) is 0 Å². The minimum Gasteiger partial charge on any atom is -0.370 e. The van der Waals surface area contributed by atoms with Crippen molar-refractivity contribution in [2.75, 3.05) is 18.9 Å². The predicted molar refractivity (Wildman–Crippen MR) is 85.9 cm³/mol. The monoisotopic (exact) mass is 275 g/mol. The summed E-state index contributed by atoms with van der Waals surface area (Å²) >= 11 is 0. The second kappa shape index (κ2) is 7.63. The molecule has 0 atom stereocenters. The lowest BCUT2D eigenvalue weighted by Gasteiger charge is -2.34. The van der Waals surface area contributed by atoms with Crippen LogP contribution in [-0.2, 0) is 6.54 Å². The van der Waals surface area contributed by atoms with Gasteiger partial charge in [0.2, 0.25) is 0 Å². The minimum atomic E-state index is 0.738. The molecule has 2 rings (SSSR count). The maximum absolute atomic E-state index is 4.68. The van der Waals surface area contributed by atoms with Crippen LogP contribution >= 0.6 is 0 Å². The summed E-state index contributed by atoms with van der Waals surface area (Å²) in [5.41, 5.74) is 1.17. The average Bonchev–Trinajstić information content (AvgIpc) is 2.48. The Bertz CT molecular complexity index is 397. The maximum Gasteiger partial charge on any atom is 0.126 e. The Hall–Kier alpha value is -1.09. The Balaban J connectivity index is 1.87. The summed E-state index contributed by atoms with van der Waals surface area (Å²) in [6.07, 6.45) is 6.85. The molecule has 1 heterocycles. The number of hydrogen-bond donors (Lipinski definition) is 1. The lowest BCUT2D eigenvalue weighted by atomic mass is 9.84. The van der Waals surface area contributed by atoms with Gasteiger partial charge in [-0.05, 0) is 57.7 Å². The molecule has 0 saturated heterocycles. The smallest absolute Gasteiger partial charge is 0.126 e. The van der Waals surface area contributed by atoms with Crippen molar-refractivity contribution in [2.45, 2.75) is 58.5 Å². The summed E-state index contributed by atoms with van der Waals surface area (Å²) in [7, 11) is 2.25. The molecule has 1 aromatic heterocycles. The summed E-state index contributed by atoms with van der Waals surface area (Å²) in [4.78, 5) is 7.17. The van der Waals surface area contributed by atoms with E-state index < -0.39 is 0 Å². The molecule has 112 valence electrons. The molecule has 1 aliphatic rings. The first-order chi connectivity index (χ1) is 9.72. The Morgan fingerprint density at radius 3 is 2.60 bits per heavy atom. The Morgan fingerprint density at radius 1 is 1.20 bits per heavy atom. The highest BCUT2D eigenvalue weighted by Crippen LogP contribution is 2.29. The average molecular weight is 275 g/mol. The quantitative estimate of drug-likeness (QED) is 0.853. The van der Waals surface area contributed by atoms with E-state index in [2.05, 4.69) is 48.2 Å². The van der Waals surface area contributed by atoms with Gasteiger partial charge in [-0.15, -0.1) is 0 Å². The van der Waals surface area contributed by atoms with E-state index in [1.165, 1.54) is 37.8 Å². The van der Waals surface area contributed by atoms with E-state index in [4.69, 9.17) is 0 Å². The Kier molecular flexibility index (Phi) is 5.84. The summed E-state index contributed by atoms with van der Waals surface area (Å²) in [6.45, 7) is 6.31. The van der Waals surface area contributed by atoms with Crippen LogP contribution in [0.1, 0.15) is 51.6 Å². The van der Waals surface area contributed by atoms with E-state index in [1.54, 1.807) is 0 Å². The Morgan fingerprint density at radius 2 is 1.95 bits per heavy atom. The van der Waals surface area contributed by atoms with Crippen LogP contribution in [0.2, 0.25) is 0 Å². The van der Waals surface area contributed by atoms with Crippen molar-refractivity contribution in [2.24, 2.45) is 5.92 Å². The van der Waals surface area contributed by atoms with Gasteiger partial charge in [0.15, 0.2) is 0 Å². The van der Waals surface area contributed by atoms with Crippen LogP contribution in [0, 0.1) is 5.92 Å². The van der Waals surface area contributed by atoms with Crippen molar-refractivity contribution < 1.29 is 0 Å². The highest BCUT2D eigenvalue weighted by atomic mass is 15.1. The van der Waals surface area contributed by atoms with Gasteiger partial charge in [-0.2, -0.15) is 0 Å². The van der Waals surface area contributed by atoms with Gasteiger partial charge in [0.1, 0.15) is 5.82 Å². The molecule has 1 aromatic rings. The number of anilines is 1. The largest absolute Gasteiger partial charge is 0.370 e. The van der Waals surface area contributed by atoms with E-state index in [0.717, 1.165) is 30.9 Å². The third-order valence-corrected chi connectivity index (χ3v) is 4.59. The zero-order valence-corrected chi connectivity index (χ0v) is 13.2. The number of hydrogen-bond acceptors (Lipinski definition) is 3. The van der Waals surface area contributed by atoms with E-state index in [-0.39, 0.29) is 0 Å².